The summed E-state index contributed by atoms with van der Waals surface area (Å²) in [6.07, 6.45) is -8.90. The molecule has 2 aliphatic heterocycles. The number of nitrogens with zero attached hydrogens (tertiary/aromatic N) is 1. The van der Waals surface area contributed by atoms with Gasteiger partial charge < -0.3 is 20.3 Å². The van der Waals surface area contributed by atoms with E-state index in [9.17, 15) is 23.4 Å². The highest BCUT2D eigenvalue weighted by Gasteiger charge is 2.54. The van der Waals surface area contributed by atoms with Crippen molar-refractivity contribution in [1.29, 1.82) is 0 Å². The van der Waals surface area contributed by atoms with E-state index >= 15 is 0 Å². The van der Waals surface area contributed by atoms with Gasteiger partial charge in [-0.2, -0.15) is 13.2 Å². The molecule has 0 aromatic rings. The quantitative estimate of drug-likeness (QED) is 0.650. The van der Waals surface area contributed by atoms with Crippen LogP contribution in [0.5, 0.6) is 0 Å². The van der Waals surface area contributed by atoms with E-state index in [0.29, 0.717) is 5.17 Å². The Kier molecular flexibility index (Phi) is 4.01. The zero-order valence-electron chi connectivity index (χ0n) is 10.3. The largest absolute Gasteiger partial charge is 0.394 e. The van der Waals surface area contributed by atoms with Crippen molar-refractivity contribution < 1.29 is 28.1 Å². The molecule has 0 aromatic heterocycles. The summed E-state index contributed by atoms with van der Waals surface area (Å²) in [5, 5.41) is 23.0. The highest BCUT2D eigenvalue weighted by atomic mass is 32.2. The van der Waals surface area contributed by atoms with Crippen molar-refractivity contribution in [1.82, 2.24) is 5.32 Å². The molecule has 3 N–H and O–H groups in total. The van der Waals surface area contributed by atoms with Gasteiger partial charge >= 0.3 is 6.18 Å². The number of nitrogens with one attached hydrogen (secondary N) is 1. The molecular formula is C10H15F3N2O3S. The van der Waals surface area contributed by atoms with Crippen molar-refractivity contribution in [3.63, 3.8) is 0 Å². The molecular weight excluding hydrogens is 285 g/mol. The van der Waals surface area contributed by atoms with E-state index in [2.05, 4.69) is 10.3 Å². The van der Waals surface area contributed by atoms with Gasteiger partial charge in [0.2, 0.25) is 0 Å². The molecule has 2 fully saturated rings. The number of rotatable bonds is 1. The molecule has 0 bridgehead atoms. The topological polar surface area (TPSA) is 74.1 Å². The third-order valence-corrected chi connectivity index (χ3v) is 4.53. The van der Waals surface area contributed by atoms with Gasteiger partial charge in [0.25, 0.3) is 0 Å². The maximum absolute atomic E-state index is 12.7. The van der Waals surface area contributed by atoms with Crippen molar-refractivity contribution in [3.8, 4) is 0 Å². The average Bonchev–Trinajstić information content (AvgIpc) is 2.75. The summed E-state index contributed by atoms with van der Waals surface area (Å²) in [6.45, 7) is 0.933. The smallest absolute Gasteiger partial charge is 0.388 e. The number of halogens is 3. The number of ether oxygens (including phenoxy) is 1. The third-order valence-electron chi connectivity index (χ3n) is 3.37. The van der Waals surface area contributed by atoms with Gasteiger partial charge in [-0.1, -0.05) is 18.7 Å². The normalized spacial score (nSPS) is 42.9. The number of aliphatic imine (C=N–C) groups is 1. The highest BCUT2D eigenvalue weighted by molar-refractivity contribution is 8.14. The first-order valence-corrected chi connectivity index (χ1v) is 6.62. The minimum absolute atomic E-state index is 0.474. The predicted octanol–water partition coefficient (Wildman–Crippen LogP) is 0.322. The van der Waals surface area contributed by atoms with Crippen LogP contribution in [-0.4, -0.2) is 58.4 Å². The van der Waals surface area contributed by atoms with Crippen LogP contribution in [0.25, 0.3) is 0 Å². The first-order valence-electron chi connectivity index (χ1n) is 5.74. The third kappa shape index (κ3) is 2.69. The molecule has 0 unspecified atom stereocenters. The molecule has 19 heavy (non-hydrogen) atoms. The zero-order valence-corrected chi connectivity index (χ0v) is 11.1. The van der Waals surface area contributed by atoms with Crippen LogP contribution in [-0.2, 0) is 4.74 Å². The van der Waals surface area contributed by atoms with E-state index in [1.165, 1.54) is 7.05 Å². The minimum atomic E-state index is -4.49. The Morgan fingerprint density at radius 3 is 2.53 bits per heavy atom. The lowest BCUT2D eigenvalue weighted by molar-refractivity contribution is -0.245. The molecule has 0 aromatic carbocycles. The molecule has 2 aliphatic rings. The molecule has 0 radical (unpaired) electrons. The van der Waals surface area contributed by atoms with E-state index in [1.807, 2.05) is 0 Å². The van der Waals surface area contributed by atoms with Crippen LogP contribution in [0.2, 0.25) is 0 Å². The Bertz CT molecular complexity index is 380. The highest BCUT2D eigenvalue weighted by Crippen LogP contribution is 2.40. The van der Waals surface area contributed by atoms with E-state index in [-0.39, 0.29) is 0 Å². The number of fused-ring (bicyclic) bond motifs is 1. The van der Waals surface area contributed by atoms with Crippen LogP contribution in [0.3, 0.4) is 0 Å². The fourth-order valence-electron chi connectivity index (χ4n) is 2.15. The van der Waals surface area contributed by atoms with Crippen molar-refractivity contribution in [2.75, 3.05) is 7.05 Å². The molecule has 5 nitrogen and oxygen atoms in total. The maximum atomic E-state index is 12.7. The van der Waals surface area contributed by atoms with Gasteiger partial charge in [-0.3, -0.25) is 4.99 Å². The number of alkyl halides is 3. The van der Waals surface area contributed by atoms with Crippen molar-refractivity contribution in [2.45, 2.75) is 42.9 Å². The van der Waals surface area contributed by atoms with Crippen LogP contribution < -0.4 is 5.32 Å². The Morgan fingerprint density at radius 2 is 2.00 bits per heavy atom. The summed E-state index contributed by atoms with van der Waals surface area (Å²) < 4.78 is 43.4. The van der Waals surface area contributed by atoms with E-state index in [1.54, 1.807) is 0 Å². The van der Waals surface area contributed by atoms with Crippen molar-refractivity contribution in [2.24, 2.45) is 10.9 Å². The number of aliphatic hydroxyl groups is 2. The average molecular weight is 300 g/mol. The summed E-state index contributed by atoms with van der Waals surface area (Å²) in [5.74, 6) is -1.86. The van der Waals surface area contributed by atoms with E-state index in [4.69, 9.17) is 4.74 Å². The van der Waals surface area contributed by atoms with Gasteiger partial charge in [0.15, 0.2) is 5.17 Å². The summed E-state index contributed by atoms with van der Waals surface area (Å²) >= 11 is 1.11. The second-order valence-electron chi connectivity index (χ2n) is 4.60. The standard InChI is InChI=1S/C10H15F3N2O3S/c1-3(10(11,12)13)7-6(17)5(16)4-8(18-7)19-9(14-2)15-4/h3-8,16-17H,1-2H3,(H,14,15)/t3-,4-,5-,6+,7-,8-/m1/s1. The summed E-state index contributed by atoms with van der Waals surface area (Å²) in [5.41, 5.74) is -0.688. The van der Waals surface area contributed by atoms with Crippen LogP contribution in [0.15, 0.2) is 4.99 Å². The molecule has 9 heteroatoms. The van der Waals surface area contributed by atoms with Gasteiger partial charge in [-0.15, -0.1) is 0 Å². The maximum Gasteiger partial charge on any atom is 0.394 e. The first kappa shape index (κ1) is 14.9. The number of amidine groups is 1. The van der Waals surface area contributed by atoms with E-state index < -0.39 is 41.9 Å². The summed E-state index contributed by atoms with van der Waals surface area (Å²) in [4.78, 5) is 3.86. The molecule has 0 spiro atoms. The lowest BCUT2D eigenvalue weighted by Gasteiger charge is -2.41. The SMILES string of the molecule is CN=C1N[C@@H]2[C@@H](O)[C@H](O)[C@@H]([C@@H](C)C(F)(F)F)O[C@@H]2S1. The Balaban J connectivity index is 2.17. The molecule has 0 aliphatic carbocycles. The number of hydrogen-bond donors (Lipinski definition) is 3. The lowest BCUT2D eigenvalue weighted by atomic mass is 9.90. The molecule has 0 amide bonds. The van der Waals surface area contributed by atoms with Gasteiger partial charge in [0, 0.05) is 7.05 Å². The van der Waals surface area contributed by atoms with Crippen LogP contribution in [0.1, 0.15) is 6.92 Å². The Labute approximate surface area is 112 Å². The fourth-order valence-corrected chi connectivity index (χ4v) is 3.24. The first-order chi connectivity index (χ1) is 8.75. The van der Waals surface area contributed by atoms with Crippen molar-refractivity contribution >= 4 is 16.9 Å². The molecule has 2 rings (SSSR count). The summed E-state index contributed by atoms with van der Waals surface area (Å²) in [7, 11) is 1.52. The number of aliphatic hydroxyl groups excluding tert-OH is 2. The van der Waals surface area contributed by atoms with Crippen molar-refractivity contribution in [3.05, 3.63) is 0 Å². The van der Waals surface area contributed by atoms with E-state index in [0.717, 1.165) is 18.7 Å². The number of thioether (sulfide) groups is 1. The molecule has 2 saturated heterocycles. The van der Waals surface area contributed by atoms with Gasteiger partial charge in [0.1, 0.15) is 17.6 Å². The molecule has 2 heterocycles. The second-order valence-corrected chi connectivity index (χ2v) is 5.68. The van der Waals surface area contributed by atoms with Crippen LogP contribution >= 0.6 is 11.8 Å². The van der Waals surface area contributed by atoms with Gasteiger partial charge in [0.05, 0.1) is 18.1 Å². The van der Waals surface area contributed by atoms with Crippen LogP contribution in [0, 0.1) is 5.92 Å². The monoisotopic (exact) mass is 300 g/mol. The second kappa shape index (κ2) is 5.12. The molecule has 0 saturated carbocycles. The number of hydrogen-bond acceptors (Lipinski definition) is 5. The van der Waals surface area contributed by atoms with Gasteiger partial charge in [-0.05, 0) is 0 Å². The summed E-state index contributed by atoms with van der Waals surface area (Å²) in [6, 6.07) is -0.657. The Hall–Kier alpha value is -0.510. The predicted molar refractivity (Wildman–Crippen MR) is 63.8 cm³/mol. The molecule has 6 atom stereocenters. The molecule has 110 valence electrons. The van der Waals surface area contributed by atoms with Gasteiger partial charge in [-0.25, -0.2) is 0 Å². The zero-order chi connectivity index (χ0) is 14.4. The Morgan fingerprint density at radius 1 is 1.37 bits per heavy atom. The fraction of sp³-hybridized carbons (Fsp3) is 0.900. The van der Waals surface area contributed by atoms with Crippen LogP contribution in [0.4, 0.5) is 13.2 Å². The minimum Gasteiger partial charge on any atom is -0.388 e. The lowest BCUT2D eigenvalue weighted by Crippen LogP contribution is -2.61.